The fourth-order valence-corrected chi connectivity index (χ4v) is 11.9. The highest BCUT2D eigenvalue weighted by Crippen LogP contribution is 2.19. The molecule has 0 heterocycles. The number of aliphatic carboxylic acids is 1. The first-order valence-electron chi connectivity index (χ1n) is 41.7. The third kappa shape index (κ3) is 80.9. The van der Waals surface area contributed by atoms with Crippen molar-refractivity contribution >= 4 is 17.9 Å². The van der Waals surface area contributed by atoms with E-state index in [1.54, 1.807) is 0 Å². The minimum Gasteiger partial charge on any atom is -0.545 e. The molecule has 0 aliphatic heterocycles. The maximum absolute atomic E-state index is 13.0. The van der Waals surface area contributed by atoms with Crippen LogP contribution in [0.4, 0.5) is 0 Å². The van der Waals surface area contributed by atoms with Gasteiger partial charge in [0.25, 0.3) is 0 Å². The van der Waals surface area contributed by atoms with Gasteiger partial charge in [0.05, 0.1) is 40.3 Å². The molecule has 0 aromatic rings. The molecular weight excluding hydrogens is 1220 g/mol. The molecule has 0 spiro atoms. The van der Waals surface area contributed by atoms with Gasteiger partial charge in [0.15, 0.2) is 12.4 Å². The van der Waals surface area contributed by atoms with E-state index in [-0.39, 0.29) is 32.2 Å². The first-order chi connectivity index (χ1) is 48.6. The standard InChI is InChI=1S/C90H157NO8/c1-6-8-10-12-14-16-18-20-22-24-26-28-30-32-34-36-38-40-41-42-43-44-45-46-47-49-51-53-55-57-59-61-63-65-67-69-71-73-75-77-79-81-88(93)99-86(85-98-90(89(94)95)96-83-82-91(3,4)5)84-97-87(92)80-78-76-74-72-70-68-66-64-62-60-58-56-54-52-50-48-39-37-35-33-31-29-27-25-23-21-19-17-15-13-11-9-7-2/h8,10,14,16,20,22,25-28,32,34,38,40,42-43,45-46,49,51,86,90H,6-7,9,11-13,15,17-19,21,23-24,29-31,33,35-37,39,41,44,47-48,50,52-85H2,1-5H3/b10-8-,16-14-,22-20-,27-25-,28-26-,34-32-,40-38-,43-42-,46-45-,51-49-. The summed E-state index contributed by atoms with van der Waals surface area (Å²) in [7, 11) is 5.94. The fraction of sp³-hybridized carbons (Fsp3) is 0.744. The van der Waals surface area contributed by atoms with Crippen molar-refractivity contribution in [3.05, 3.63) is 122 Å². The molecule has 99 heavy (non-hydrogen) atoms. The highest BCUT2D eigenvalue weighted by molar-refractivity contribution is 5.70. The number of likely N-dealkylation sites (N-methyl/N-ethyl adjacent to an activating group) is 1. The van der Waals surface area contributed by atoms with Gasteiger partial charge in [-0.1, -0.05) is 373 Å². The number of carboxylic acid groups (broad SMARTS) is 1. The van der Waals surface area contributed by atoms with Crippen molar-refractivity contribution in [2.45, 2.75) is 386 Å². The molecule has 9 heteroatoms. The molecular formula is C90H157NO8. The lowest BCUT2D eigenvalue weighted by Crippen LogP contribution is -2.44. The summed E-state index contributed by atoms with van der Waals surface area (Å²) >= 11 is 0. The zero-order valence-electron chi connectivity index (χ0n) is 65.3. The van der Waals surface area contributed by atoms with Gasteiger partial charge in [0.2, 0.25) is 0 Å². The molecule has 0 fully saturated rings. The zero-order chi connectivity index (χ0) is 71.8. The molecule has 0 saturated heterocycles. The molecule has 2 unspecified atom stereocenters. The molecule has 0 bridgehead atoms. The highest BCUT2D eigenvalue weighted by Gasteiger charge is 2.22. The summed E-state index contributed by atoms with van der Waals surface area (Å²) in [5, 5.41) is 11.9. The predicted molar refractivity (Wildman–Crippen MR) is 426 cm³/mol. The summed E-state index contributed by atoms with van der Waals surface area (Å²) in [6.45, 7) is 4.68. The third-order valence-corrected chi connectivity index (χ3v) is 18.2. The van der Waals surface area contributed by atoms with E-state index in [0.717, 1.165) is 96.3 Å². The molecule has 0 saturated carbocycles. The van der Waals surface area contributed by atoms with Crippen molar-refractivity contribution < 1.29 is 42.9 Å². The molecule has 570 valence electrons. The molecule has 0 aromatic carbocycles. The van der Waals surface area contributed by atoms with Gasteiger partial charge < -0.3 is 33.3 Å². The summed E-state index contributed by atoms with van der Waals surface area (Å²) in [5.41, 5.74) is 0. The molecule has 0 radical (unpaired) electrons. The molecule has 0 aliphatic carbocycles. The number of hydrogen-bond acceptors (Lipinski definition) is 8. The van der Waals surface area contributed by atoms with Crippen molar-refractivity contribution in [1.29, 1.82) is 0 Å². The number of rotatable bonds is 77. The number of unbranched alkanes of at least 4 members (excludes halogenated alkanes) is 42. The van der Waals surface area contributed by atoms with Crippen molar-refractivity contribution in [2.75, 3.05) is 47.5 Å². The lowest BCUT2D eigenvalue weighted by molar-refractivity contribution is -0.870. The second-order valence-electron chi connectivity index (χ2n) is 29.0. The maximum Gasteiger partial charge on any atom is 0.306 e. The summed E-state index contributed by atoms with van der Waals surface area (Å²) in [6, 6.07) is 0. The van der Waals surface area contributed by atoms with Crippen molar-refractivity contribution in [3.8, 4) is 0 Å². The van der Waals surface area contributed by atoms with Crippen molar-refractivity contribution in [2.24, 2.45) is 0 Å². The Bertz CT molecular complexity index is 2050. The van der Waals surface area contributed by atoms with Crippen LogP contribution in [0.2, 0.25) is 0 Å². The minimum atomic E-state index is -1.63. The Morgan fingerprint density at radius 3 is 0.869 bits per heavy atom. The van der Waals surface area contributed by atoms with Gasteiger partial charge >= 0.3 is 11.9 Å². The first-order valence-corrected chi connectivity index (χ1v) is 41.7. The number of nitrogens with zero attached hydrogens (tertiary/aromatic N) is 1. The van der Waals surface area contributed by atoms with Crippen LogP contribution in [0.25, 0.3) is 0 Å². The lowest BCUT2D eigenvalue weighted by atomic mass is 10.0. The van der Waals surface area contributed by atoms with Crippen LogP contribution in [0.5, 0.6) is 0 Å². The average molecular weight is 1380 g/mol. The fourth-order valence-electron chi connectivity index (χ4n) is 11.9. The Morgan fingerprint density at radius 1 is 0.313 bits per heavy atom. The molecule has 2 atom stereocenters. The van der Waals surface area contributed by atoms with Crippen LogP contribution < -0.4 is 5.11 Å². The van der Waals surface area contributed by atoms with E-state index in [1.807, 2.05) is 21.1 Å². The molecule has 9 nitrogen and oxygen atoms in total. The Labute approximate surface area is 612 Å². The smallest absolute Gasteiger partial charge is 0.306 e. The lowest BCUT2D eigenvalue weighted by Gasteiger charge is -2.26. The first kappa shape index (κ1) is 94.7. The summed E-state index contributed by atoms with van der Waals surface area (Å²) in [5.74, 6) is -2.27. The van der Waals surface area contributed by atoms with E-state index in [1.165, 1.54) is 244 Å². The van der Waals surface area contributed by atoms with Gasteiger partial charge in [0.1, 0.15) is 13.2 Å². The number of allylic oxidation sites excluding steroid dienone is 20. The van der Waals surface area contributed by atoms with Gasteiger partial charge in [0, 0.05) is 12.8 Å². The summed E-state index contributed by atoms with van der Waals surface area (Å²) in [4.78, 5) is 37.6. The van der Waals surface area contributed by atoms with E-state index in [0.29, 0.717) is 23.9 Å². The van der Waals surface area contributed by atoms with E-state index >= 15 is 0 Å². The van der Waals surface area contributed by atoms with Crippen molar-refractivity contribution in [1.82, 2.24) is 0 Å². The van der Waals surface area contributed by atoms with Crippen LogP contribution in [0, 0.1) is 0 Å². The number of quaternary nitrogens is 1. The molecule has 0 N–H and O–H groups in total. The number of hydrogen-bond donors (Lipinski definition) is 0. The van der Waals surface area contributed by atoms with Crippen LogP contribution >= 0.6 is 0 Å². The second-order valence-corrected chi connectivity index (χ2v) is 29.0. The molecule has 0 aliphatic rings. The number of carbonyl (C=O) groups is 3. The number of ether oxygens (including phenoxy) is 4. The van der Waals surface area contributed by atoms with Crippen molar-refractivity contribution in [3.63, 3.8) is 0 Å². The molecule has 0 amide bonds. The monoisotopic (exact) mass is 1380 g/mol. The number of carbonyl (C=O) groups excluding carboxylic acids is 3. The Balaban J connectivity index is 4.03. The SMILES string of the molecule is CC/C=C\C/C=C\C/C=C\C/C=C\C/C=C\C/C=C\C/C=C\C/C=C\C/C=C\CCCCCCCCCCCCCCCC(=O)OC(COC(=O)CCCCCCCCCCCCCCCCCCCCCCC/C=C\CCCCCCCCCC)COC(OCC[N+](C)(C)C)C(=O)[O-]. The van der Waals surface area contributed by atoms with Gasteiger partial charge in [-0.2, -0.15) is 0 Å². The van der Waals surface area contributed by atoms with E-state index < -0.39 is 24.3 Å². The number of carboxylic acids is 1. The van der Waals surface area contributed by atoms with Crippen LogP contribution in [-0.4, -0.2) is 82.3 Å². The normalized spacial score (nSPS) is 13.3. The Kier molecular flexibility index (Phi) is 75.9. The largest absolute Gasteiger partial charge is 0.545 e. The van der Waals surface area contributed by atoms with Crippen LogP contribution in [0.15, 0.2) is 122 Å². The van der Waals surface area contributed by atoms with Gasteiger partial charge in [-0.3, -0.25) is 9.59 Å². The second kappa shape index (κ2) is 79.4. The Morgan fingerprint density at radius 2 is 0.576 bits per heavy atom. The van der Waals surface area contributed by atoms with Crippen LogP contribution in [-0.2, 0) is 33.3 Å². The summed E-state index contributed by atoms with van der Waals surface area (Å²) in [6.07, 6.45) is 110. The zero-order valence-corrected chi connectivity index (χ0v) is 65.3. The minimum absolute atomic E-state index is 0.145. The quantitative estimate of drug-likeness (QED) is 0.0195. The van der Waals surface area contributed by atoms with E-state index in [4.69, 9.17) is 18.9 Å². The van der Waals surface area contributed by atoms with Gasteiger partial charge in [-0.15, -0.1) is 0 Å². The van der Waals surface area contributed by atoms with Crippen LogP contribution in [0.3, 0.4) is 0 Å². The van der Waals surface area contributed by atoms with E-state index in [9.17, 15) is 19.5 Å². The average Bonchev–Trinajstić information content (AvgIpc) is 2.62. The number of esters is 2. The predicted octanol–water partition coefficient (Wildman–Crippen LogP) is 25.7. The topological polar surface area (TPSA) is 111 Å². The maximum atomic E-state index is 13.0. The highest BCUT2D eigenvalue weighted by atomic mass is 16.7. The van der Waals surface area contributed by atoms with Crippen LogP contribution in [0.1, 0.15) is 373 Å². The summed E-state index contributed by atoms with van der Waals surface area (Å²) < 4.78 is 22.9. The van der Waals surface area contributed by atoms with E-state index in [2.05, 4.69) is 135 Å². The molecule has 0 rings (SSSR count). The van der Waals surface area contributed by atoms with Gasteiger partial charge in [-0.05, 0) is 109 Å². The molecule has 0 aromatic heterocycles. The third-order valence-electron chi connectivity index (χ3n) is 18.2. The van der Waals surface area contributed by atoms with Gasteiger partial charge in [-0.25, -0.2) is 0 Å². The Hall–Kier alpha value is -4.31.